The molecule has 0 aliphatic heterocycles. The number of thiophene rings is 1. The Morgan fingerprint density at radius 1 is 1.32 bits per heavy atom. The smallest absolute Gasteiger partial charge is 0.124 e. The molecular formula is C15H16ClFOS. The van der Waals surface area contributed by atoms with Crippen LogP contribution in [0.3, 0.4) is 0 Å². The second kappa shape index (κ2) is 7.04. The number of rotatable bonds is 6. The summed E-state index contributed by atoms with van der Waals surface area (Å²) in [6, 6.07) is 8.44. The van der Waals surface area contributed by atoms with Crippen molar-refractivity contribution in [2.24, 2.45) is 0 Å². The van der Waals surface area contributed by atoms with Crippen molar-refractivity contribution in [3.8, 4) is 0 Å². The molecule has 1 heterocycles. The highest BCUT2D eigenvalue weighted by atomic mass is 35.5. The van der Waals surface area contributed by atoms with Gasteiger partial charge in [0.1, 0.15) is 5.82 Å². The number of halogens is 2. The van der Waals surface area contributed by atoms with Gasteiger partial charge in [0, 0.05) is 9.90 Å². The van der Waals surface area contributed by atoms with Gasteiger partial charge in [0.2, 0.25) is 0 Å². The van der Waals surface area contributed by atoms with Crippen LogP contribution in [0.15, 0.2) is 35.7 Å². The van der Waals surface area contributed by atoms with Crippen LogP contribution in [-0.4, -0.2) is 11.2 Å². The topological polar surface area (TPSA) is 20.2 Å². The summed E-state index contributed by atoms with van der Waals surface area (Å²) in [4.78, 5) is 1.34. The quantitative estimate of drug-likeness (QED) is 0.834. The van der Waals surface area contributed by atoms with E-state index in [1.807, 2.05) is 6.07 Å². The number of hydrogen-bond acceptors (Lipinski definition) is 2. The third kappa shape index (κ3) is 4.60. The molecule has 1 aromatic heterocycles. The third-order valence-electron chi connectivity index (χ3n) is 3.01. The summed E-state index contributed by atoms with van der Waals surface area (Å²) in [5.74, 6) is -0.346. The summed E-state index contributed by atoms with van der Waals surface area (Å²) in [5, 5.41) is 12.4. The first-order valence-electron chi connectivity index (χ1n) is 6.29. The molecule has 0 bridgehead atoms. The van der Waals surface area contributed by atoms with Gasteiger partial charge in [0.05, 0.1) is 6.10 Å². The van der Waals surface area contributed by atoms with Crippen LogP contribution in [0.5, 0.6) is 0 Å². The van der Waals surface area contributed by atoms with Gasteiger partial charge in [-0.05, 0) is 54.8 Å². The van der Waals surface area contributed by atoms with Crippen LogP contribution in [-0.2, 0) is 12.8 Å². The molecule has 0 fully saturated rings. The third-order valence-corrected chi connectivity index (χ3v) is 4.30. The van der Waals surface area contributed by atoms with Gasteiger partial charge in [0.15, 0.2) is 0 Å². The lowest BCUT2D eigenvalue weighted by molar-refractivity contribution is 0.162. The Balaban J connectivity index is 1.79. The SMILES string of the molecule is OC(CCCc1cccs1)Cc1ccc(F)cc1Cl. The molecular weight excluding hydrogens is 283 g/mol. The molecule has 0 aliphatic rings. The van der Waals surface area contributed by atoms with Gasteiger partial charge >= 0.3 is 0 Å². The molecule has 0 aliphatic carbocycles. The summed E-state index contributed by atoms with van der Waals surface area (Å²) in [6.45, 7) is 0. The van der Waals surface area contributed by atoms with Gasteiger partial charge in [-0.3, -0.25) is 0 Å². The van der Waals surface area contributed by atoms with Gasteiger partial charge in [-0.2, -0.15) is 0 Å². The van der Waals surface area contributed by atoms with Crippen molar-refractivity contribution in [2.45, 2.75) is 31.8 Å². The van der Waals surface area contributed by atoms with Crippen LogP contribution in [0.1, 0.15) is 23.3 Å². The highest BCUT2D eigenvalue weighted by molar-refractivity contribution is 7.09. The fourth-order valence-corrected chi connectivity index (χ4v) is 3.01. The Hall–Kier alpha value is -0.900. The van der Waals surface area contributed by atoms with Crippen molar-refractivity contribution < 1.29 is 9.50 Å². The molecule has 19 heavy (non-hydrogen) atoms. The summed E-state index contributed by atoms with van der Waals surface area (Å²) >= 11 is 7.68. The van der Waals surface area contributed by atoms with E-state index in [1.165, 1.54) is 17.0 Å². The summed E-state index contributed by atoms with van der Waals surface area (Å²) in [7, 11) is 0. The lowest BCUT2D eigenvalue weighted by Gasteiger charge is -2.11. The van der Waals surface area contributed by atoms with Crippen LogP contribution in [0.4, 0.5) is 4.39 Å². The number of aliphatic hydroxyl groups is 1. The Morgan fingerprint density at radius 3 is 2.84 bits per heavy atom. The number of hydrogen-bond donors (Lipinski definition) is 1. The van der Waals surface area contributed by atoms with Crippen LogP contribution in [0.25, 0.3) is 0 Å². The molecule has 102 valence electrons. The average Bonchev–Trinajstić information content (AvgIpc) is 2.86. The Bertz CT molecular complexity index is 513. The maximum atomic E-state index is 12.9. The number of benzene rings is 1. The second-order valence-corrected chi connectivity index (χ2v) is 6.00. The zero-order chi connectivity index (χ0) is 13.7. The maximum Gasteiger partial charge on any atom is 0.124 e. The van der Waals surface area contributed by atoms with E-state index >= 15 is 0 Å². The molecule has 1 atom stereocenters. The zero-order valence-electron chi connectivity index (χ0n) is 10.5. The van der Waals surface area contributed by atoms with Crippen molar-refractivity contribution in [3.05, 3.63) is 57.0 Å². The predicted molar refractivity (Wildman–Crippen MR) is 78.4 cm³/mol. The molecule has 0 amide bonds. The largest absolute Gasteiger partial charge is 0.393 e. The van der Waals surface area contributed by atoms with Gasteiger partial charge in [-0.25, -0.2) is 4.39 Å². The van der Waals surface area contributed by atoms with Crippen LogP contribution in [0, 0.1) is 5.82 Å². The molecule has 1 aromatic carbocycles. The van der Waals surface area contributed by atoms with E-state index in [-0.39, 0.29) is 5.82 Å². The van der Waals surface area contributed by atoms with E-state index in [0.29, 0.717) is 11.4 Å². The second-order valence-electron chi connectivity index (χ2n) is 4.57. The molecule has 1 nitrogen and oxygen atoms in total. The number of aryl methyl sites for hydroxylation is 1. The fraction of sp³-hybridized carbons (Fsp3) is 0.333. The Morgan fingerprint density at radius 2 is 2.16 bits per heavy atom. The Kier molecular flexibility index (Phi) is 5.37. The minimum atomic E-state index is -0.428. The average molecular weight is 299 g/mol. The van der Waals surface area contributed by atoms with E-state index in [1.54, 1.807) is 17.4 Å². The first-order chi connectivity index (χ1) is 9.15. The first kappa shape index (κ1) is 14.5. The zero-order valence-corrected chi connectivity index (χ0v) is 12.1. The van der Waals surface area contributed by atoms with E-state index in [0.717, 1.165) is 24.8 Å². The minimum absolute atomic E-state index is 0.346. The molecule has 1 N–H and O–H groups in total. The van der Waals surface area contributed by atoms with E-state index < -0.39 is 6.10 Å². The summed E-state index contributed by atoms with van der Waals surface area (Å²) in [6.07, 6.45) is 2.71. The summed E-state index contributed by atoms with van der Waals surface area (Å²) in [5.41, 5.74) is 0.798. The molecule has 0 saturated heterocycles. The predicted octanol–water partition coefficient (Wildman–Crippen LogP) is 4.47. The van der Waals surface area contributed by atoms with Gasteiger partial charge in [-0.1, -0.05) is 23.7 Å². The summed E-state index contributed by atoms with van der Waals surface area (Å²) < 4.78 is 12.9. The monoisotopic (exact) mass is 298 g/mol. The lowest BCUT2D eigenvalue weighted by atomic mass is 10.0. The van der Waals surface area contributed by atoms with E-state index in [2.05, 4.69) is 11.4 Å². The molecule has 2 aromatic rings. The van der Waals surface area contributed by atoms with Crippen molar-refractivity contribution in [3.63, 3.8) is 0 Å². The van der Waals surface area contributed by atoms with E-state index in [9.17, 15) is 9.50 Å². The van der Waals surface area contributed by atoms with Crippen molar-refractivity contribution in [1.29, 1.82) is 0 Å². The van der Waals surface area contributed by atoms with Gasteiger partial charge < -0.3 is 5.11 Å². The van der Waals surface area contributed by atoms with Crippen LogP contribution in [0.2, 0.25) is 5.02 Å². The van der Waals surface area contributed by atoms with E-state index in [4.69, 9.17) is 11.6 Å². The minimum Gasteiger partial charge on any atom is -0.393 e. The van der Waals surface area contributed by atoms with Crippen molar-refractivity contribution in [1.82, 2.24) is 0 Å². The van der Waals surface area contributed by atoms with Crippen molar-refractivity contribution >= 4 is 22.9 Å². The van der Waals surface area contributed by atoms with Gasteiger partial charge in [-0.15, -0.1) is 11.3 Å². The lowest BCUT2D eigenvalue weighted by Crippen LogP contribution is -2.11. The highest BCUT2D eigenvalue weighted by Crippen LogP contribution is 2.20. The maximum absolute atomic E-state index is 12.9. The first-order valence-corrected chi connectivity index (χ1v) is 7.55. The fourth-order valence-electron chi connectivity index (χ4n) is 2.01. The Labute approximate surface area is 121 Å². The molecule has 4 heteroatoms. The van der Waals surface area contributed by atoms with Crippen LogP contribution >= 0.6 is 22.9 Å². The number of aliphatic hydroxyl groups excluding tert-OH is 1. The highest BCUT2D eigenvalue weighted by Gasteiger charge is 2.09. The standard InChI is InChI=1S/C15H16ClFOS/c16-15-10-12(17)7-6-11(15)9-13(18)3-1-4-14-5-2-8-19-14/h2,5-8,10,13,18H,1,3-4,9H2. The molecule has 1 unspecified atom stereocenters. The molecule has 0 spiro atoms. The normalized spacial score (nSPS) is 12.6. The van der Waals surface area contributed by atoms with Crippen molar-refractivity contribution in [2.75, 3.05) is 0 Å². The molecule has 2 rings (SSSR count). The molecule has 0 radical (unpaired) electrons. The van der Waals surface area contributed by atoms with Crippen LogP contribution < -0.4 is 0 Å². The molecule has 0 saturated carbocycles. The van der Waals surface area contributed by atoms with Gasteiger partial charge in [0.25, 0.3) is 0 Å².